The summed E-state index contributed by atoms with van der Waals surface area (Å²) < 4.78 is 9.71. The summed E-state index contributed by atoms with van der Waals surface area (Å²) in [5, 5.41) is 13.7. The second kappa shape index (κ2) is 10.2. The summed E-state index contributed by atoms with van der Waals surface area (Å²) in [5.41, 5.74) is 0.230. The lowest BCUT2D eigenvalue weighted by Gasteiger charge is -2.23. The van der Waals surface area contributed by atoms with Crippen molar-refractivity contribution in [3.05, 3.63) is 48.0 Å². The Labute approximate surface area is 167 Å². The Morgan fingerprint density at radius 2 is 1.62 bits per heavy atom. The van der Waals surface area contributed by atoms with E-state index >= 15 is 0 Å². The molecule has 2 rings (SSSR count). The molecule has 0 saturated carbocycles. The molecule has 2 aromatic rings. The molecule has 1 amide bonds. The number of carbonyl (C=O) groups is 4. The molecule has 0 aliphatic rings. The van der Waals surface area contributed by atoms with Gasteiger partial charge in [0.15, 0.2) is 0 Å². The van der Waals surface area contributed by atoms with Gasteiger partial charge in [0.25, 0.3) is 5.91 Å². The Kier molecular flexibility index (Phi) is 7.70. The number of fused-ring (bicyclic) bond motifs is 1. The molecule has 0 unspecified atom stereocenters. The predicted octanol–water partition coefficient (Wildman–Crippen LogP) is 2.16. The summed E-state index contributed by atoms with van der Waals surface area (Å²) >= 11 is 0. The highest BCUT2D eigenvalue weighted by Gasteiger charge is 2.38. The minimum Gasteiger partial charge on any atom is -0.480 e. The maximum Gasteiger partial charge on any atom is 0.327 e. The van der Waals surface area contributed by atoms with E-state index in [1.807, 2.05) is 24.3 Å². The summed E-state index contributed by atoms with van der Waals surface area (Å²) in [6, 6.07) is 10.6. The molecule has 0 aliphatic carbocycles. The minimum atomic E-state index is -1.66. The SMILES string of the molecule is CCOC(=O)C[C@H](C(=O)OCC)[C@H](NC(=O)c1ccc2ccccc2c1)C(=O)O. The number of carbonyl (C=O) groups excluding carboxylic acids is 3. The summed E-state index contributed by atoms with van der Waals surface area (Å²) in [6.45, 7) is 3.23. The Bertz CT molecular complexity index is 909. The van der Waals surface area contributed by atoms with Gasteiger partial charge in [-0.3, -0.25) is 14.4 Å². The lowest BCUT2D eigenvalue weighted by Crippen LogP contribution is -2.49. The molecule has 0 spiro atoms. The van der Waals surface area contributed by atoms with Crippen molar-refractivity contribution >= 4 is 34.6 Å². The first-order valence-electron chi connectivity index (χ1n) is 9.22. The van der Waals surface area contributed by atoms with Crippen LogP contribution in [0.5, 0.6) is 0 Å². The van der Waals surface area contributed by atoms with E-state index in [-0.39, 0.29) is 18.8 Å². The third-order valence-electron chi connectivity index (χ3n) is 4.25. The number of benzene rings is 2. The first-order valence-corrected chi connectivity index (χ1v) is 9.22. The van der Waals surface area contributed by atoms with Crippen molar-refractivity contribution in [1.82, 2.24) is 5.32 Å². The van der Waals surface area contributed by atoms with Crippen molar-refractivity contribution < 1.29 is 33.8 Å². The second-order valence-electron chi connectivity index (χ2n) is 6.22. The van der Waals surface area contributed by atoms with Crippen LogP contribution in [0.3, 0.4) is 0 Å². The lowest BCUT2D eigenvalue weighted by atomic mass is 9.95. The fourth-order valence-electron chi connectivity index (χ4n) is 2.88. The van der Waals surface area contributed by atoms with Crippen molar-refractivity contribution in [3.8, 4) is 0 Å². The van der Waals surface area contributed by atoms with Gasteiger partial charge in [-0.25, -0.2) is 4.79 Å². The van der Waals surface area contributed by atoms with Crippen LogP contribution in [0.4, 0.5) is 0 Å². The number of carboxylic acid groups (broad SMARTS) is 1. The highest BCUT2D eigenvalue weighted by Crippen LogP contribution is 2.18. The molecule has 0 heterocycles. The smallest absolute Gasteiger partial charge is 0.327 e. The maximum atomic E-state index is 12.7. The maximum absolute atomic E-state index is 12.7. The van der Waals surface area contributed by atoms with E-state index < -0.39 is 42.2 Å². The first-order chi connectivity index (χ1) is 13.9. The number of carboxylic acids is 1. The molecule has 2 N–H and O–H groups in total. The average Bonchev–Trinajstić information content (AvgIpc) is 2.70. The summed E-state index contributed by atoms with van der Waals surface area (Å²) in [7, 11) is 0. The molecule has 0 bridgehead atoms. The number of hydrogen-bond donors (Lipinski definition) is 2. The van der Waals surface area contributed by atoms with E-state index in [0.717, 1.165) is 10.8 Å². The van der Waals surface area contributed by atoms with Crippen molar-refractivity contribution in [2.75, 3.05) is 13.2 Å². The van der Waals surface area contributed by atoms with E-state index in [4.69, 9.17) is 9.47 Å². The average molecular weight is 401 g/mol. The highest BCUT2D eigenvalue weighted by molar-refractivity contribution is 6.01. The van der Waals surface area contributed by atoms with E-state index in [1.54, 1.807) is 32.0 Å². The van der Waals surface area contributed by atoms with Gasteiger partial charge in [0.2, 0.25) is 0 Å². The van der Waals surface area contributed by atoms with Gasteiger partial charge >= 0.3 is 17.9 Å². The fraction of sp³-hybridized carbons (Fsp3) is 0.333. The summed E-state index contributed by atoms with van der Waals surface area (Å²) in [4.78, 5) is 48.6. The minimum absolute atomic E-state index is 0.00309. The van der Waals surface area contributed by atoms with Gasteiger partial charge in [-0.2, -0.15) is 0 Å². The third-order valence-corrected chi connectivity index (χ3v) is 4.25. The van der Waals surface area contributed by atoms with Gasteiger partial charge in [-0.05, 0) is 36.8 Å². The molecular weight excluding hydrogens is 378 g/mol. The molecule has 0 fully saturated rings. The van der Waals surface area contributed by atoms with E-state index in [9.17, 15) is 24.3 Å². The van der Waals surface area contributed by atoms with Crippen molar-refractivity contribution in [2.24, 2.45) is 5.92 Å². The van der Waals surface area contributed by atoms with Crippen LogP contribution in [0.15, 0.2) is 42.5 Å². The zero-order valence-electron chi connectivity index (χ0n) is 16.2. The standard InChI is InChI=1S/C21H23NO7/c1-3-28-17(23)12-16(21(27)29-4-2)18(20(25)26)22-19(24)15-10-9-13-7-5-6-8-14(13)11-15/h5-11,16,18H,3-4,12H2,1-2H3,(H,22,24)(H,25,26)/t16-,18-/m0/s1. The van der Waals surface area contributed by atoms with Crippen molar-refractivity contribution in [1.29, 1.82) is 0 Å². The van der Waals surface area contributed by atoms with Gasteiger partial charge in [0.05, 0.1) is 25.6 Å². The largest absolute Gasteiger partial charge is 0.480 e. The number of amides is 1. The normalized spacial score (nSPS) is 12.6. The van der Waals surface area contributed by atoms with Crippen molar-refractivity contribution in [2.45, 2.75) is 26.3 Å². The van der Waals surface area contributed by atoms with E-state index in [0.29, 0.717) is 0 Å². The molecule has 0 radical (unpaired) electrons. The molecule has 8 nitrogen and oxygen atoms in total. The number of nitrogens with one attached hydrogen (secondary N) is 1. The van der Waals surface area contributed by atoms with Crippen LogP contribution in [0.2, 0.25) is 0 Å². The number of rotatable bonds is 9. The number of esters is 2. The van der Waals surface area contributed by atoms with Gasteiger partial charge in [-0.15, -0.1) is 0 Å². The number of aliphatic carboxylic acids is 1. The van der Waals surface area contributed by atoms with Crippen LogP contribution in [0, 0.1) is 5.92 Å². The number of ether oxygens (including phenoxy) is 2. The third kappa shape index (κ3) is 5.78. The first kappa shape index (κ1) is 21.9. The second-order valence-corrected chi connectivity index (χ2v) is 6.22. The fourth-order valence-corrected chi connectivity index (χ4v) is 2.88. The Balaban J connectivity index is 2.27. The van der Waals surface area contributed by atoms with Gasteiger partial charge in [-0.1, -0.05) is 30.3 Å². The molecule has 8 heteroatoms. The van der Waals surface area contributed by atoms with Crippen LogP contribution in [-0.4, -0.2) is 48.2 Å². The molecule has 0 saturated heterocycles. The van der Waals surface area contributed by atoms with Crippen LogP contribution in [0.1, 0.15) is 30.6 Å². The van der Waals surface area contributed by atoms with Gasteiger partial charge in [0, 0.05) is 5.56 Å². The van der Waals surface area contributed by atoms with Crippen LogP contribution in [0.25, 0.3) is 10.8 Å². The van der Waals surface area contributed by atoms with Gasteiger partial charge in [0.1, 0.15) is 6.04 Å². The van der Waals surface area contributed by atoms with Crippen molar-refractivity contribution in [3.63, 3.8) is 0 Å². The number of hydrogen-bond acceptors (Lipinski definition) is 6. The van der Waals surface area contributed by atoms with E-state index in [2.05, 4.69) is 5.32 Å². The van der Waals surface area contributed by atoms with Crippen LogP contribution < -0.4 is 5.32 Å². The monoisotopic (exact) mass is 401 g/mol. The molecule has 0 aliphatic heterocycles. The Morgan fingerprint density at radius 1 is 0.966 bits per heavy atom. The summed E-state index contributed by atoms with van der Waals surface area (Å²) in [5.74, 6) is -5.21. The highest BCUT2D eigenvalue weighted by atomic mass is 16.5. The quantitative estimate of drug-likeness (QED) is 0.618. The molecule has 154 valence electrons. The van der Waals surface area contributed by atoms with Gasteiger partial charge < -0.3 is 19.9 Å². The lowest BCUT2D eigenvalue weighted by molar-refractivity contribution is -0.159. The molecule has 29 heavy (non-hydrogen) atoms. The Morgan fingerprint density at radius 3 is 2.24 bits per heavy atom. The molecule has 2 aromatic carbocycles. The van der Waals surface area contributed by atoms with Crippen LogP contribution in [-0.2, 0) is 23.9 Å². The van der Waals surface area contributed by atoms with Crippen LogP contribution >= 0.6 is 0 Å². The predicted molar refractivity (Wildman–Crippen MR) is 104 cm³/mol. The summed E-state index contributed by atoms with van der Waals surface area (Å²) in [6.07, 6.45) is -0.526. The van der Waals surface area contributed by atoms with E-state index in [1.165, 1.54) is 0 Å². The zero-order valence-corrected chi connectivity index (χ0v) is 16.2. The topological polar surface area (TPSA) is 119 Å². The Hall–Kier alpha value is -3.42. The molecule has 2 atom stereocenters. The molecular formula is C21H23NO7. The molecule has 0 aromatic heterocycles. The zero-order chi connectivity index (χ0) is 21.4.